The van der Waals surface area contributed by atoms with Crippen LogP contribution in [0.1, 0.15) is 218 Å². The highest BCUT2D eigenvalue weighted by Crippen LogP contribution is 2.53. The standard InChI is InChI=1S/C12H20.C11H20.C10H16.C10H18.C3H6/c1-2-6-12-9-3-7-11(5-1)8-4-10-12;1-4-10-6-2-7-11(5-1)9-3-8-10;1-7-2-9-4-8(1)5-10(3-7)6-9;1-2-6-10-8-4-3-7-9(10)5-1;1-2-3-1/h1,5,11-12H,2-4,6-10H2;10-11H,1-9H2;7-10H,1-6H2;9-10H,1-8H2;1-3H2. The van der Waals surface area contributed by atoms with E-state index in [4.69, 9.17) is 0 Å². The lowest BCUT2D eigenvalue weighted by molar-refractivity contribution is 0.0198. The Kier molecular flexibility index (Phi) is 15.3. The van der Waals surface area contributed by atoms with Crippen LogP contribution in [0.15, 0.2) is 12.2 Å². The number of rotatable bonds is 0. The lowest BCUT2D eigenvalue weighted by Gasteiger charge is -2.49. The average molecular weight is 633 g/mol. The average Bonchev–Trinajstić information content (AvgIpc) is 3.89. The van der Waals surface area contributed by atoms with Crippen molar-refractivity contribution < 1.29 is 0 Å². The summed E-state index contributed by atoms with van der Waals surface area (Å²) in [4.78, 5) is 0. The molecule has 0 amide bonds. The van der Waals surface area contributed by atoms with Crippen LogP contribution in [0, 0.1) is 59.2 Å². The summed E-state index contributed by atoms with van der Waals surface area (Å²) in [5, 5.41) is 0. The van der Waals surface area contributed by atoms with Crippen molar-refractivity contribution in [1.29, 1.82) is 0 Å². The Labute approximate surface area is 288 Å². The van der Waals surface area contributed by atoms with Crippen molar-refractivity contribution in [1.82, 2.24) is 0 Å². The molecule has 46 heavy (non-hydrogen) atoms. The van der Waals surface area contributed by atoms with Crippen LogP contribution >= 0.6 is 0 Å². The molecular weight excluding hydrogens is 553 g/mol. The van der Waals surface area contributed by atoms with Gasteiger partial charge in [0.05, 0.1) is 0 Å². The second kappa shape index (κ2) is 19.8. The van der Waals surface area contributed by atoms with E-state index in [1.807, 2.05) is 0 Å². The van der Waals surface area contributed by atoms with Gasteiger partial charge in [-0.3, -0.25) is 0 Å². The first-order chi connectivity index (χ1) is 22.8. The SMILES string of the molecule is C1=CC2CCCC(CC1)CCC2.C1C2CC3CC1CC(C2)C3.C1CC1.C1CC2CCCC(C1)CCC2.C1CCC2CCCCC2C1. The fourth-order valence-corrected chi connectivity index (χ4v) is 12.5. The maximum Gasteiger partial charge on any atom is -0.0234 e. The summed E-state index contributed by atoms with van der Waals surface area (Å²) in [7, 11) is 0. The third-order valence-corrected chi connectivity index (χ3v) is 15.0. The van der Waals surface area contributed by atoms with E-state index in [0.29, 0.717) is 0 Å². The molecular formula is C46H80. The lowest BCUT2D eigenvalue weighted by Crippen LogP contribution is -2.38. The minimum atomic E-state index is 0.934. The summed E-state index contributed by atoms with van der Waals surface area (Å²) >= 11 is 0. The van der Waals surface area contributed by atoms with Crippen LogP contribution in [0.25, 0.3) is 0 Å². The van der Waals surface area contributed by atoms with Crippen LogP contribution in [0.4, 0.5) is 0 Å². The van der Waals surface area contributed by atoms with Crippen LogP contribution in [-0.2, 0) is 0 Å². The fraction of sp³-hybridized carbons (Fsp3) is 0.957. The Balaban J connectivity index is 0.000000104. The van der Waals surface area contributed by atoms with Crippen molar-refractivity contribution in [3.8, 4) is 0 Å². The van der Waals surface area contributed by atoms with Crippen LogP contribution < -0.4 is 0 Å². The van der Waals surface area contributed by atoms with Crippen LogP contribution in [-0.4, -0.2) is 0 Å². The summed E-state index contributed by atoms with van der Waals surface area (Å²) in [5.74, 6) is 11.3. The predicted octanol–water partition coefficient (Wildman–Crippen LogP) is 15.0. The van der Waals surface area contributed by atoms with Gasteiger partial charge in [0.1, 0.15) is 0 Å². The fourth-order valence-electron chi connectivity index (χ4n) is 12.5. The van der Waals surface area contributed by atoms with Gasteiger partial charge in [0, 0.05) is 0 Å². The van der Waals surface area contributed by atoms with Crippen molar-refractivity contribution in [2.24, 2.45) is 59.2 Å². The number of allylic oxidation sites excluding steroid dienone is 2. The van der Waals surface area contributed by atoms with Gasteiger partial charge in [-0.1, -0.05) is 166 Å². The quantitative estimate of drug-likeness (QED) is 0.233. The highest BCUT2D eigenvalue weighted by atomic mass is 14.5. The summed E-state index contributed by atoms with van der Waals surface area (Å²) in [5.41, 5.74) is 0. The first-order valence-electron chi connectivity index (χ1n) is 22.4. The van der Waals surface area contributed by atoms with Gasteiger partial charge in [0.25, 0.3) is 0 Å². The zero-order valence-electron chi connectivity index (χ0n) is 31.0. The third kappa shape index (κ3) is 12.6. The molecule has 0 heterocycles. The minimum absolute atomic E-state index is 0.934. The molecule has 0 radical (unpaired) electrons. The zero-order chi connectivity index (χ0) is 31.2. The maximum atomic E-state index is 2.49. The molecule has 11 fully saturated rings. The van der Waals surface area contributed by atoms with E-state index in [1.165, 1.54) is 139 Å². The van der Waals surface area contributed by atoms with E-state index < -0.39 is 0 Å². The highest BCUT2D eigenvalue weighted by Gasteiger charge is 2.41. The van der Waals surface area contributed by atoms with Gasteiger partial charge in [-0.25, -0.2) is 0 Å². The first kappa shape index (κ1) is 35.6. The topological polar surface area (TPSA) is 0 Å². The van der Waals surface area contributed by atoms with Gasteiger partial charge >= 0.3 is 0 Å². The van der Waals surface area contributed by atoms with E-state index in [1.54, 1.807) is 103 Å². The van der Waals surface area contributed by atoms with Gasteiger partial charge in [-0.2, -0.15) is 0 Å². The molecule has 0 aliphatic heterocycles. The molecule has 13 aliphatic carbocycles. The molecule has 0 unspecified atom stereocenters. The molecule has 0 aromatic rings. The number of fused-ring (bicyclic) bond motifs is 13. The van der Waals surface area contributed by atoms with Crippen molar-refractivity contribution in [3.63, 3.8) is 0 Å². The van der Waals surface area contributed by atoms with Crippen molar-refractivity contribution in [2.75, 3.05) is 0 Å². The summed E-state index contributed by atoms with van der Waals surface area (Å²) in [6.45, 7) is 0. The molecule has 8 bridgehead atoms. The van der Waals surface area contributed by atoms with Gasteiger partial charge in [-0.05, 0) is 123 Å². The molecule has 0 heteroatoms. The monoisotopic (exact) mass is 633 g/mol. The van der Waals surface area contributed by atoms with Crippen molar-refractivity contribution >= 4 is 0 Å². The number of hydrogen-bond donors (Lipinski definition) is 0. The van der Waals surface area contributed by atoms with Crippen molar-refractivity contribution in [2.45, 2.75) is 218 Å². The predicted molar refractivity (Wildman–Crippen MR) is 201 cm³/mol. The van der Waals surface area contributed by atoms with Crippen LogP contribution in [0.5, 0.6) is 0 Å². The van der Waals surface area contributed by atoms with Crippen molar-refractivity contribution in [3.05, 3.63) is 12.2 Å². The van der Waals surface area contributed by atoms with E-state index in [9.17, 15) is 0 Å². The molecule has 13 aliphatic rings. The maximum absolute atomic E-state index is 2.49. The summed E-state index contributed by atoms with van der Waals surface area (Å²) in [6, 6.07) is 0. The molecule has 11 saturated carbocycles. The van der Waals surface area contributed by atoms with Gasteiger partial charge in [0.2, 0.25) is 0 Å². The molecule has 13 rings (SSSR count). The van der Waals surface area contributed by atoms with E-state index in [0.717, 1.165) is 35.5 Å². The van der Waals surface area contributed by atoms with Gasteiger partial charge in [0.15, 0.2) is 0 Å². The largest absolute Gasteiger partial charge is 0.0882 e. The Hall–Kier alpha value is -0.260. The Bertz CT molecular complexity index is 704. The van der Waals surface area contributed by atoms with Crippen LogP contribution in [0.3, 0.4) is 0 Å². The summed E-state index contributed by atoms with van der Waals surface area (Å²) in [6.07, 6.45) is 57.1. The van der Waals surface area contributed by atoms with Gasteiger partial charge in [-0.15, -0.1) is 0 Å². The molecule has 0 spiro atoms. The lowest BCUT2D eigenvalue weighted by atomic mass is 9.56. The molecule has 0 aromatic heterocycles. The van der Waals surface area contributed by atoms with Gasteiger partial charge < -0.3 is 0 Å². The van der Waals surface area contributed by atoms with E-state index >= 15 is 0 Å². The molecule has 0 N–H and O–H groups in total. The second-order valence-electron chi connectivity index (χ2n) is 19.0. The van der Waals surface area contributed by atoms with Crippen LogP contribution in [0.2, 0.25) is 0 Å². The van der Waals surface area contributed by atoms with E-state index in [2.05, 4.69) is 12.2 Å². The minimum Gasteiger partial charge on any atom is -0.0882 e. The first-order valence-corrected chi connectivity index (χ1v) is 22.4. The number of hydrogen-bond acceptors (Lipinski definition) is 0. The normalized spacial score (nSPS) is 41.9. The highest BCUT2D eigenvalue weighted by molar-refractivity contribution is 4.93. The summed E-state index contributed by atoms with van der Waals surface area (Å²) < 4.78 is 0. The smallest absolute Gasteiger partial charge is 0.0234 e. The molecule has 0 atom stereocenters. The van der Waals surface area contributed by atoms with E-state index in [-0.39, 0.29) is 0 Å². The molecule has 0 aromatic carbocycles. The molecule has 264 valence electrons. The zero-order valence-corrected chi connectivity index (χ0v) is 31.0. The Morgan fingerprint density at radius 3 is 0.935 bits per heavy atom. The Morgan fingerprint density at radius 1 is 0.261 bits per heavy atom. The molecule has 0 nitrogen and oxygen atoms in total. The second-order valence-corrected chi connectivity index (χ2v) is 19.0. The third-order valence-electron chi connectivity index (χ3n) is 15.0. The Morgan fingerprint density at radius 2 is 0.587 bits per heavy atom. The molecule has 0 saturated heterocycles.